The fourth-order valence-corrected chi connectivity index (χ4v) is 9.02. The number of aliphatic hydroxyl groups is 2. The van der Waals surface area contributed by atoms with Crippen LogP contribution in [0.2, 0.25) is 0 Å². The number of aromatic amines is 1. The molecule has 87 heavy (non-hydrogen) atoms. The van der Waals surface area contributed by atoms with Crippen molar-refractivity contribution in [1.82, 2.24) is 68.0 Å². The third kappa shape index (κ3) is 28.7. The number of H-pyrrole nitrogens is 1. The number of aromatic nitrogens is 2. The topological polar surface area (TPSA) is 595 Å². The average Bonchev–Trinajstić information content (AvgIpc) is 3.43. The van der Waals surface area contributed by atoms with Gasteiger partial charge in [-0.3, -0.25) is 53.4 Å². The fraction of sp³-hybridized carbons (Fsp3) is 0.698. The maximum Gasteiger partial charge on any atom is 0.268 e. The van der Waals surface area contributed by atoms with Crippen LogP contribution in [0.5, 0.6) is 0 Å². The Hall–Kier alpha value is -7.44. The van der Waals surface area contributed by atoms with Crippen molar-refractivity contribution in [2.75, 3.05) is 72.1 Å². The summed E-state index contributed by atoms with van der Waals surface area (Å²) in [7, 11) is 0. The third-order valence-corrected chi connectivity index (χ3v) is 13.9. The molecule has 1 aliphatic heterocycles. The van der Waals surface area contributed by atoms with E-state index in [2.05, 4.69) is 63.1 Å². The molecule has 0 bridgehead atoms. The molecule has 492 valence electrons. The monoisotopic (exact) mass is 1230 g/mol. The van der Waals surface area contributed by atoms with Crippen molar-refractivity contribution in [3.05, 3.63) is 30.0 Å². The molecule has 30 N–H and O–H groups in total. The van der Waals surface area contributed by atoms with Crippen molar-refractivity contribution >= 4 is 65.0 Å². The Labute approximate surface area is 506 Å². The highest BCUT2D eigenvalue weighted by Gasteiger charge is 2.40. The molecule has 34 heteroatoms. The lowest BCUT2D eigenvalue weighted by Crippen LogP contribution is -2.61. The predicted molar refractivity (Wildman–Crippen MR) is 321 cm³/mol. The van der Waals surface area contributed by atoms with Crippen molar-refractivity contribution in [2.24, 2.45) is 45.9 Å². The molecule has 0 saturated carbocycles. The zero-order chi connectivity index (χ0) is 64.7. The minimum atomic E-state index is -1.69. The molecule has 1 aromatic heterocycles. The van der Waals surface area contributed by atoms with E-state index in [0.29, 0.717) is 89.7 Å². The lowest BCUT2D eigenvalue weighted by Gasteiger charge is -2.30. The standard InChI is InChI=1S/C53H98N22O12/c54-18-4-1-12-33(60)44(79)74-43(41(77)27-59)51(86)73-39(30-76)46(81)66-29-42(78)68-37(15-9-22-58)52(87)75-25-11-17-40(75)50(85)72-38(26-32-28-63-31-67-32)49(84)71-35(14-3-6-20-56)47(82)70-36(16-10-24-65-53(61)62)48(83)69-34(13-2-5-19-55)45(80)64-23-8-7-21-57/h16,28,31,33-35,37-41,43,76-77H,1-15,17-27,29-30,54-60H2,(H,63,67)(H,64,80)(H,66,81)(H,68,78)(H,69,83)(H,70,82)(H,71,84)(H,72,85)(H,73,86)(H,74,79)(H4,61,62,65)/b36-16-/t33-,34-,35-,37+,38-,39-,40-,41-,43-/m0/s1. The summed E-state index contributed by atoms with van der Waals surface area (Å²) < 4.78 is 0. The number of nitrogens with zero attached hydrogens (tertiary/aromatic N) is 2. The van der Waals surface area contributed by atoms with Gasteiger partial charge in [0.1, 0.15) is 48.0 Å². The summed E-state index contributed by atoms with van der Waals surface area (Å²) in [5.41, 5.74) is 45.5. The molecule has 9 atom stereocenters. The highest BCUT2D eigenvalue weighted by atomic mass is 16.3. The molecule has 0 aliphatic carbocycles. The van der Waals surface area contributed by atoms with E-state index in [1.165, 1.54) is 23.5 Å². The van der Waals surface area contributed by atoms with Crippen molar-refractivity contribution in [1.29, 1.82) is 5.41 Å². The van der Waals surface area contributed by atoms with Crippen molar-refractivity contribution < 1.29 is 58.2 Å². The lowest BCUT2D eigenvalue weighted by atomic mass is 10.0. The number of aliphatic hydroxyl groups excluding tert-OH is 2. The highest BCUT2D eigenvalue weighted by molar-refractivity contribution is 6.02. The summed E-state index contributed by atoms with van der Waals surface area (Å²) in [5, 5.41) is 53.6. The van der Waals surface area contributed by atoms with E-state index in [1.54, 1.807) is 0 Å². The van der Waals surface area contributed by atoms with Crippen LogP contribution in [0.4, 0.5) is 0 Å². The van der Waals surface area contributed by atoms with E-state index in [-0.39, 0.29) is 89.2 Å². The molecule has 1 saturated heterocycles. The molecule has 34 nitrogen and oxygen atoms in total. The van der Waals surface area contributed by atoms with Gasteiger partial charge in [-0.15, -0.1) is 0 Å². The Kier molecular flexibility index (Phi) is 37.6. The number of carbonyl (C=O) groups excluding carboxylic acids is 10. The third-order valence-electron chi connectivity index (χ3n) is 13.9. The van der Waals surface area contributed by atoms with E-state index < -0.39 is 133 Å². The molecule has 0 radical (unpaired) electrons. The van der Waals surface area contributed by atoms with Crippen LogP contribution >= 0.6 is 0 Å². The Morgan fingerprint density at radius 2 is 1.25 bits per heavy atom. The maximum absolute atomic E-state index is 14.5. The van der Waals surface area contributed by atoms with Gasteiger partial charge in [-0.2, -0.15) is 0 Å². The van der Waals surface area contributed by atoms with E-state index in [1.807, 2.05) is 0 Å². The van der Waals surface area contributed by atoms with Gasteiger partial charge in [0, 0.05) is 44.5 Å². The summed E-state index contributed by atoms with van der Waals surface area (Å²) in [6.45, 7) is -0.287. The van der Waals surface area contributed by atoms with Crippen LogP contribution in [-0.2, 0) is 54.4 Å². The van der Waals surface area contributed by atoms with Crippen LogP contribution in [0.25, 0.3) is 0 Å². The van der Waals surface area contributed by atoms with Crippen LogP contribution in [0.15, 0.2) is 24.3 Å². The normalized spacial score (nSPS) is 15.9. The summed E-state index contributed by atoms with van der Waals surface area (Å²) >= 11 is 0. The molecular weight excluding hydrogens is 1140 g/mol. The summed E-state index contributed by atoms with van der Waals surface area (Å²) in [6, 6.07) is -10.6. The second kappa shape index (κ2) is 43.2. The van der Waals surface area contributed by atoms with Gasteiger partial charge in [-0.1, -0.05) is 12.5 Å². The summed E-state index contributed by atoms with van der Waals surface area (Å²) in [6.07, 6.45) is 7.80. The molecule has 1 aliphatic rings. The van der Waals surface area contributed by atoms with Crippen molar-refractivity contribution in [2.45, 2.75) is 164 Å². The Balaban J connectivity index is 2.35. The molecule has 0 unspecified atom stereocenters. The van der Waals surface area contributed by atoms with Gasteiger partial charge < -0.3 is 119 Å². The maximum atomic E-state index is 14.5. The molecule has 1 fully saturated rings. The smallest absolute Gasteiger partial charge is 0.268 e. The van der Waals surface area contributed by atoms with E-state index >= 15 is 0 Å². The van der Waals surface area contributed by atoms with E-state index in [9.17, 15) is 58.2 Å². The average molecular weight is 1240 g/mol. The number of amides is 10. The number of hydrogen-bond donors (Lipinski definition) is 22. The van der Waals surface area contributed by atoms with Crippen molar-refractivity contribution in [3.8, 4) is 0 Å². The first kappa shape index (κ1) is 75.7. The molecular formula is C53H98N22O12. The number of nitrogens with one attached hydrogen (secondary N) is 12. The fourth-order valence-electron chi connectivity index (χ4n) is 9.02. The number of nitrogens with two attached hydrogens (primary N) is 8. The van der Waals surface area contributed by atoms with Gasteiger partial charge in [0.25, 0.3) is 5.91 Å². The van der Waals surface area contributed by atoms with Crippen LogP contribution < -0.4 is 99.0 Å². The molecule has 0 spiro atoms. The minimum Gasteiger partial charge on any atom is -0.394 e. The zero-order valence-corrected chi connectivity index (χ0v) is 49.7. The first-order valence-corrected chi connectivity index (χ1v) is 29.7. The number of carbonyl (C=O) groups is 10. The predicted octanol–water partition coefficient (Wildman–Crippen LogP) is -8.54. The van der Waals surface area contributed by atoms with Crippen LogP contribution in [0.1, 0.15) is 108 Å². The van der Waals surface area contributed by atoms with Crippen molar-refractivity contribution in [3.63, 3.8) is 0 Å². The van der Waals surface area contributed by atoms with Crippen LogP contribution in [0, 0.1) is 5.41 Å². The first-order chi connectivity index (χ1) is 41.7. The van der Waals surface area contributed by atoms with Gasteiger partial charge in [-0.05, 0) is 129 Å². The summed E-state index contributed by atoms with van der Waals surface area (Å²) in [5.74, 6) is -8.55. The SMILES string of the molecule is N=C(N)NCC/C=C(\NC(=O)[C@H](CCCCN)NC(=O)[C@H](Cc1cnc[nH]1)NC(=O)[C@@H]1CCCN1C(=O)[C@@H](CCCN)NC(=O)CNC(=O)[C@H](CO)NC(=O)[C@@H](NC(=O)[C@@H](N)CCCCN)[C@@H](O)CN)C(=O)N[C@@H](CCCCN)C(=O)NCCCCN. The van der Waals surface area contributed by atoms with Crippen LogP contribution in [0.3, 0.4) is 0 Å². The first-order valence-electron chi connectivity index (χ1n) is 29.7. The van der Waals surface area contributed by atoms with Crippen LogP contribution in [-0.4, -0.2) is 217 Å². The largest absolute Gasteiger partial charge is 0.394 e. The van der Waals surface area contributed by atoms with E-state index in [0.717, 1.165) is 0 Å². The number of rotatable bonds is 45. The lowest BCUT2D eigenvalue weighted by molar-refractivity contribution is -0.142. The molecule has 1 aromatic rings. The highest BCUT2D eigenvalue weighted by Crippen LogP contribution is 2.21. The molecule has 10 amide bonds. The molecule has 0 aromatic carbocycles. The van der Waals surface area contributed by atoms with Gasteiger partial charge in [-0.25, -0.2) is 4.98 Å². The number of imidazole rings is 1. The number of likely N-dealkylation sites (tertiary alicyclic amines) is 1. The molecule has 2 heterocycles. The Morgan fingerprint density at radius 3 is 1.85 bits per heavy atom. The second-order valence-electron chi connectivity index (χ2n) is 20.9. The number of guanidine groups is 1. The molecule has 2 rings (SSSR count). The zero-order valence-electron chi connectivity index (χ0n) is 49.7. The van der Waals surface area contributed by atoms with Gasteiger partial charge in [0.15, 0.2) is 5.96 Å². The van der Waals surface area contributed by atoms with Gasteiger partial charge in [0.05, 0.1) is 31.6 Å². The Morgan fingerprint density at radius 1 is 0.655 bits per heavy atom. The quantitative estimate of drug-likeness (QED) is 0.0125. The minimum absolute atomic E-state index is 0.00486. The van der Waals surface area contributed by atoms with Gasteiger partial charge in [0.2, 0.25) is 53.2 Å². The van der Waals surface area contributed by atoms with E-state index in [4.69, 9.17) is 51.3 Å². The number of hydrogen-bond acceptors (Lipinski definition) is 21. The van der Waals surface area contributed by atoms with Gasteiger partial charge >= 0.3 is 0 Å². The second-order valence-corrected chi connectivity index (χ2v) is 20.9. The Bertz CT molecular complexity index is 2350. The summed E-state index contributed by atoms with van der Waals surface area (Å²) in [4.78, 5) is 146. The number of unbranched alkanes of at least 4 members (excludes halogenated alkanes) is 4.